The molecule has 1 heterocycles. The highest BCUT2D eigenvalue weighted by molar-refractivity contribution is 5.86. The van der Waals surface area contributed by atoms with Gasteiger partial charge in [0.15, 0.2) is 0 Å². The molecule has 0 amide bonds. The normalized spacial score (nSPS) is 9.60. The lowest BCUT2D eigenvalue weighted by molar-refractivity contribution is 0.0518. The Balaban J connectivity index is 2.82. The molecule has 80 valence electrons. The van der Waals surface area contributed by atoms with E-state index in [1.54, 1.807) is 6.92 Å². The fraction of sp³-hybridized carbons (Fsp3) is 0.444. The monoisotopic (exact) mass is 209 g/mol. The van der Waals surface area contributed by atoms with Crippen LogP contribution in [-0.2, 0) is 11.3 Å². The first-order valence-electron chi connectivity index (χ1n) is 4.53. The number of ether oxygens (including phenoxy) is 1. The SMILES string of the molecule is CCOC(=O)c1cc(=O)n(CCC#N)[nH]1. The van der Waals surface area contributed by atoms with E-state index in [1.165, 1.54) is 4.68 Å². The van der Waals surface area contributed by atoms with Crippen molar-refractivity contribution in [3.05, 3.63) is 22.1 Å². The van der Waals surface area contributed by atoms with Crippen LogP contribution in [0.1, 0.15) is 23.8 Å². The third-order valence-electron chi connectivity index (χ3n) is 1.73. The summed E-state index contributed by atoms with van der Waals surface area (Å²) in [6, 6.07) is 3.07. The Hall–Kier alpha value is -2.03. The summed E-state index contributed by atoms with van der Waals surface area (Å²) in [7, 11) is 0. The standard InChI is InChI=1S/C9H11N3O3/c1-2-15-9(14)7-6-8(13)12(11-7)5-3-4-10/h6,11H,2-3,5H2,1H3. The Morgan fingerprint density at radius 1 is 1.73 bits per heavy atom. The zero-order valence-electron chi connectivity index (χ0n) is 8.32. The third kappa shape index (κ3) is 2.71. The largest absolute Gasteiger partial charge is 0.461 e. The van der Waals surface area contributed by atoms with E-state index in [2.05, 4.69) is 5.10 Å². The van der Waals surface area contributed by atoms with Gasteiger partial charge in [-0.2, -0.15) is 5.26 Å². The zero-order chi connectivity index (χ0) is 11.3. The van der Waals surface area contributed by atoms with Gasteiger partial charge < -0.3 is 4.74 Å². The quantitative estimate of drug-likeness (QED) is 0.721. The van der Waals surface area contributed by atoms with Crippen molar-refractivity contribution in [3.63, 3.8) is 0 Å². The molecule has 0 bridgehead atoms. The lowest BCUT2D eigenvalue weighted by atomic mass is 10.4. The number of esters is 1. The minimum Gasteiger partial charge on any atom is -0.461 e. The summed E-state index contributed by atoms with van der Waals surface area (Å²) in [5.41, 5.74) is -0.229. The lowest BCUT2D eigenvalue weighted by Gasteiger charge is -1.98. The zero-order valence-corrected chi connectivity index (χ0v) is 8.32. The summed E-state index contributed by atoms with van der Waals surface area (Å²) >= 11 is 0. The molecule has 0 unspecified atom stereocenters. The highest BCUT2D eigenvalue weighted by Gasteiger charge is 2.11. The van der Waals surface area contributed by atoms with Crippen molar-refractivity contribution in [2.45, 2.75) is 19.9 Å². The smallest absolute Gasteiger partial charge is 0.356 e. The molecule has 0 aliphatic rings. The molecule has 0 aromatic carbocycles. The maximum atomic E-state index is 11.3. The predicted molar refractivity (Wildman–Crippen MR) is 51.2 cm³/mol. The first-order chi connectivity index (χ1) is 7.19. The molecule has 0 radical (unpaired) electrons. The Bertz CT molecular complexity index is 438. The molecule has 15 heavy (non-hydrogen) atoms. The summed E-state index contributed by atoms with van der Waals surface area (Å²) in [6.45, 7) is 2.18. The van der Waals surface area contributed by atoms with Gasteiger partial charge in [0.05, 0.1) is 25.6 Å². The van der Waals surface area contributed by atoms with Crippen molar-refractivity contribution in [2.75, 3.05) is 6.61 Å². The van der Waals surface area contributed by atoms with E-state index >= 15 is 0 Å². The second-order valence-electron chi connectivity index (χ2n) is 2.79. The van der Waals surface area contributed by atoms with Gasteiger partial charge in [0.1, 0.15) is 5.69 Å². The van der Waals surface area contributed by atoms with E-state index in [4.69, 9.17) is 10.00 Å². The number of nitrogens with zero attached hydrogens (tertiary/aromatic N) is 2. The van der Waals surface area contributed by atoms with Crippen LogP contribution in [0.5, 0.6) is 0 Å². The summed E-state index contributed by atoms with van der Waals surface area (Å²) in [4.78, 5) is 22.5. The first-order valence-corrected chi connectivity index (χ1v) is 4.53. The average Bonchev–Trinajstić information content (AvgIpc) is 2.57. The van der Waals surface area contributed by atoms with Gasteiger partial charge in [0.25, 0.3) is 5.56 Å². The van der Waals surface area contributed by atoms with Gasteiger partial charge in [-0.15, -0.1) is 0 Å². The summed E-state index contributed by atoms with van der Waals surface area (Å²) in [6.07, 6.45) is 0.211. The molecule has 1 rings (SSSR count). The van der Waals surface area contributed by atoms with Crippen molar-refractivity contribution in [1.82, 2.24) is 9.78 Å². The minimum atomic E-state index is -0.565. The van der Waals surface area contributed by atoms with Crippen molar-refractivity contribution in [1.29, 1.82) is 5.26 Å². The Kier molecular flexibility index (Phi) is 3.68. The fourth-order valence-electron chi connectivity index (χ4n) is 1.08. The molecule has 1 aromatic heterocycles. The van der Waals surface area contributed by atoms with Crippen LogP contribution in [0.2, 0.25) is 0 Å². The number of nitrogens with one attached hydrogen (secondary N) is 1. The Morgan fingerprint density at radius 3 is 3.07 bits per heavy atom. The van der Waals surface area contributed by atoms with Crippen LogP contribution < -0.4 is 5.56 Å². The van der Waals surface area contributed by atoms with Gasteiger partial charge in [-0.1, -0.05) is 0 Å². The Labute approximate surface area is 86.1 Å². The maximum Gasteiger partial charge on any atom is 0.356 e. The molecule has 6 nitrogen and oxygen atoms in total. The molecule has 0 aliphatic carbocycles. The minimum absolute atomic E-state index is 0.111. The topological polar surface area (TPSA) is 87.9 Å². The van der Waals surface area contributed by atoms with Crippen molar-refractivity contribution in [2.24, 2.45) is 0 Å². The molecule has 0 fully saturated rings. The van der Waals surface area contributed by atoms with Crippen LogP contribution in [0.25, 0.3) is 0 Å². The number of aryl methyl sites for hydroxylation is 1. The summed E-state index contributed by atoms with van der Waals surface area (Å²) in [5.74, 6) is -0.565. The van der Waals surface area contributed by atoms with Gasteiger partial charge in [0, 0.05) is 6.07 Å². The van der Waals surface area contributed by atoms with Gasteiger partial charge in [-0.3, -0.25) is 14.6 Å². The lowest BCUT2D eigenvalue weighted by Crippen LogP contribution is -2.15. The van der Waals surface area contributed by atoms with Crippen molar-refractivity contribution in [3.8, 4) is 6.07 Å². The number of hydrogen-bond donors (Lipinski definition) is 1. The molecule has 1 aromatic rings. The van der Waals surface area contributed by atoms with E-state index in [9.17, 15) is 9.59 Å². The molecule has 6 heteroatoms. The van der Waals surface area contributed by atoms with Gasteiger partial charge in [-0.05, 0) is 6.92 Å². The van der Waals surface area contributed by atoms with Gasteiger partial charge in [-0.25, -0.2) is 4.79 Å². The van der Waals surface area contributed by atoms with Crippen LogP contribution in [0.3, 0.4) is 0 Å². The van der Waals surface area contributed by atoms with Crippen LogP contribution in [0, 0.1) is 11.3 Å². The van der Waals surface area contributed by atoms with Crippen LogP contribution in [0.15, 0.2) is 10.9 Å². The van der Waals surface area contributed by atoms with E-state index in [1.807, 2.05) is 6.07 Å². The number of hydrogen-bond acceptors (Lipinski definition) is 4. The van der Waals surface area contributed by atoms with E-state index in [0.29, 0.717) is 0 Å². The predicted octanol–water partition coefficient (Wildman–Crippen LogP) is 0.267. The van der Waals surface area contributed by atoms with Crippen molar-refractivity contribution >= 4 is 5.97 Å². The average molecular weight is 209 g/mol. The number of carbonyl (C=O) groups is 1. The van der Waals surface area contributed by atoms with E-state index in [0.717, 1.165) is 6.07 Å². The van der Waals surface area contributed by atoms with E-state index in [-0.39, 0.29) is 30.8 Å². The van der Waals surface area contributed by atoms with Crippen molar-refractivity contribution < 1.29 is 9.53 Å². The molecular weight excluding hydrogens is 198 g/mol. The second kappa shape index (κ2) is 5.00. The molecule has 0 saturated heterocycles. The summed E-state index contributed by atoms with van der Waals surface area (Å²) < 4.78 is 5.92. The first kappa shape index (κ1) is 11.0. The maximum absolute atomic E-state index is 11.3. The van der Waals surface area contributed by atoms with Crippen LogP contribution in [0.4, 0.5) is 0 Å². The van der Waals surface area contributed by atoms with Crippen LogP contribution in [-0.4, -0.2) is 22.4 Å². The van der Waals surface area contributed by atoms with Crippen LogP contribution >= 0.6 is 0 Å². The summed E-state index contributed by atoms with van der Waals surface area (Å²) in [5, 5.41) is 10.9. The number of carbonyl (C=O) groups excluding carboxylic acids is 1. The molecular formula is C9H11N3O3. The third-order valence-corrected chi connectivity index (χ3v) is 1.73. The highest BCUT2D eigenvalue weighted by atomic mass is 16.5. The number of aromatic amines is 1. The molecule has 0 spiro atoms. The number of rotatable bonds is 4. The molecule has 1 N–H and O–H groups in total. The number of H-pyrrole nitrogens is 1. The fourth-order valence-corrected chi connectivity index (χ4v) is 1.08. The van der Waals surface area contributed by atoms with Gasteiger partial charge >= 0.3 is 5.97 Å². The number of aromatic nitrogens is 2. The highest BCUT2D eigenvalue weighted by Crippen LogP contribution is 1.95. The van der Waals surface area contributed by atoms with Gasteiger partial charge in [0.2, 0.25) is 0 Å². The van der Waals surface area contributed by atoms with E-state index < -0.39 is 5.97 Å². The number of nitriles is 1. The molecule has 0 saturated carbocycles. The molecule has 0 aliphatic heterocycles. The molecule has 0 atom stereocenters. The second-order valence-corrected chi connectivity index (χ2v) is 2.79. The Morgan fingerprint density at radius 2 is 2.47 bits per heavy atom.